The summed E-state index contributed by atoms with van der Waals surface area (Å²) in [6, 6.07) is 4.68. The van der Waals surface area contributed by atoms with Crippen molar-refractivity contribution in [2.45, 2.75) is 18.8 Å². The van der Waals surface area contributed by atoms with Gasteiger partial charge in [0, 0.05) is 13.1 Å². The summed E-state index contributed by atoms with van der Waals surface area (Å²) in [6.07, 6.45) is -4.42. The highest BCUT2D eigenvalue weighted by molar-refractivity contribution is 5.82. The van der Waals surface area contributed by atoms with Crippen molar-refractivity contribution in [2.24, 2.45) is 0 Å². The van der Waals surface area contributed by atoms with Gasteiger partial charge in [-0.3, -0.25) is 4.79 Å². The van der Waals surface area contributed by atoms with Gasteiger partial charge in [-0.2, -0.15) is 13.2 Å². The smallest absolute Gasteiger partial charge is 0.378 e. The van der Waals surface area contributed by atoms with Crippen molar-refractivity contribution in [3.63, 3.8) is 0 Å². The van der Waals surface area contributed by atoms with Gasteiger partial charge in [-0.05, 0) is 11.6 Å². The summed E-state index contributed by atoms with van der Waals surface area (Å²) >= 11 is 0. The van der Waals surface area contributed by atoms with E-state index in [1.807, 2.05) is 0 Å². The van der Waals surface area contributed by atoms with Gasteiger partial charge in [-0.1, -0.05) is 18.2 Å². The maximum absolute atomic E-state index is 12.8. The Hall–Kier alpha value is -1.60. The predicted molar refractivity (Wildman–Crippen MR) is 65.9 cm³/mol. The van der Waals surface area contributed by atoms with Gasteiger partial charge in [0.05, 0.1) is 18.8 Å². The molecule has 1 heterocycles. The number of alkyl halides is 3. The quantitative estimate of drug-likeness (QED) is 0.881. The largest absolute Gasteiger partial charge is 0.416 e. The van der Waals surface area contributed by atoms with E-state index in [0.717, 1.165) is 6.07 Å². The second-order valence-electron chi connectivity index (χ2n) is 4.45. The van der Waals surface area contributed by atoms with Gasteiger partial charge in [-0.15, -0.1) is 0 Å². The van der Waals surface area contributed by atoms with Gasteiger partial charge in [0.15, 0.2) is 0 Å². The van der Waals surface area contributed by atoms with Gasteiger partial charge in [0.1, 0.15) is 6.04 Å². The van der Waals surface area contributed by atoms with Crippen molar-refractivity contribution in [1.29, 1.82) is 0 Å². The predicted octanol–water partition coefficient (Wildman–Crippen LogP) is 1.31. The Kier molecular flexibility index (Phi) is 4.61. The Labute approximate surface area is 114 Å². The number of halogens is 3. The Morgan fingerprint density at radius 3 is 2.80 bits per heavy atom. The molecule has 20 heavy (non-hydrogen) atoms. The van der Waals surface area contributed by atoms with E-state index in [1.165, 1.54) is 18.2 Å². The number of amides is 1. The molecule has 1 amide bonds. The van der Waals surface area contributed by atoms with Crippen LogP contribution in [-0.2, 0) is 22.3 Å². The van der Waals surface area contributed by atoms with Crippen molar-refractivity contribution >= 4 is 5.91 Å². The highest BCUT2D eigenvalue weighted by Gasteiger charge is 2.33. The van der Waals surface area contributed by atoms with Crippen LogP contribution in [0.1, 0.15) is 11.1 Å². The minimum Gasteiger partial charge on any atom is -0.378 e. The number of carbonyl (C=O) groups is 1. The molecule has 0 aliphatic carbocycles. The lowest BCUT2D eigenvalue weighted by molar-refractivity contribution is -0.138. The Balaban J connectivity index is 1.98. The molecule has 1 fully saturated rings. The lowest BCUT2D eigenvalue weighted by Gasteiger charge is -2.23. The summed E-state index contributed by atoms with van der Waals surface area (Å²) in [5.41, 5.74) is -0.682. The second-order valence-corrected chi connectivity index (χ2v) is 4.45. The third-order valence-electron chi connectivity index (χ3n) is 3.01. The van der Waals surface area contributed by atoms with Crippen LogP contribution in [0.3, 0.4) is 0 Å². The number of hydrogen-bond donors (Lipinski definition) is 2. The number of hydrogen-bond acceptors (Lipinski definition) is 3. The second kappa shape index (κ2) is 6.23. The molecule has 1 saturated heterocycles. The third-order valence-corrected chi connectivity index (χ3v) is 3.01. The minimum absolute atomic E-state index is 0.0464. The van der Waals surface area contributed by atoms with Crippen LogP contribution in [0.15, 0.2) is 24.3 Å². The van der Waals surface area contributed by atoms with Crippen LogP contribution in [0.4, 0.5) is 13.2 Å². The molecule has 1 unspecified atom stereocenters. The zero-order valence-electron chi connectivity index (χ0n) is 10.7. The molecule has 1 aromatic carbocycles. The fourth-order valence-electron chi connectivity index (χ4n) is 1.99. The fraction of sp³-hybridized carbons (Fsp3) is 0.462. The number of carbonyl (C=O) groups excluding carboxylic acids is 1. The standard InChI is InChI=1S/C13H15F3N2O2/c14-13(15,16)10-4-2-1-3-9(10)7-18-12(19)11-8-20-6-5-17-11/h1-4,11,17H,5-8H2,(H,18,19). The molecule has 4 nitrogen and oxygen atoms in total. The summed E-state index contributed by atoms with van der Waals surface area (Å²) in [4.78, 5) is 11.8. The van der Waals surface area contributed by atoms with E-state index >= 15 is 0 Å². The number of morpholine rings is 1. The van der Waals surface area contributed by atoms with Gasteiger partial charge < -0.3 is 15.4 Å². The number of nitrogens with one attached hydrogen (secondary N) is 2. The summed E-state index contributed by atoms with van der Waals surface area (Å²) in [5.74, 6) is -0.360. The Bertz CT molecular complexity index is 471. The molecular formula is C13H15F3N2O2. The molecule has 2 N–H and O–H groups in total. The molecule has 1 aliphatic rings. The number of rotatable bonds is 3. The Morgan fingerprint density at radius 2 is 2.15 bits per heavy atom. The minimum atomic E-state index is -4.42. The van der Waals surface area contributed by atoms with E-state index in [0.29, 0.717) is 13.2 Å². The topological polar surface area (TPSA) is 50.4 Å². The zero-order chi connectivity index (χ0) is 14.6. The highest BCUT2D eigenvalue weighted by Crippen LogP contribution is 2.31. The molecule has 0 bridgehead atoms. The first-order chi connectivity index (χ1) is 9.48. The van der Waals surface area contributed by atoms with Crippen LogP contribution >= 0.6 is 0 Å². The first-order valence-electron chi connectivity index (χ1n) is 6.22. The van der Waals surface area contributed by atoms with Gasteiger partial charge in [0.25, 0.3) is 0 Å². The molecule has 0 saturated carbocycles. The molecule has 1 atom stereocenters. The monoisotopic (exact) mass is 288 g/mol. The maximum Gasteiger partial charge on any atom is 0.416 e. The fourth-order valence-corrected chi connectivity index (χ4v) is 1.99. The van der Waals surface area contributed by atoms with Crippen LogP contribution in [0, 0.1) is 0 Å². The molecular weight excluding hydrogens is 273 g/mol. The average molecular weight is 288 g/mol. The van der Waals surface area contributed by atoms with E-state index < -0.39 is 17.8 Å². The van der Waals surface area contributed by atoms with E-state index in [9.17, 15) is 18.0 Å². The van der Waals surface area contributed by atoms with Crippen molar-refractivity contribution in [3.05, 3.63) is 35.4 Å². The van der Waals surface area contributed by atoms with Crippen molar-refractivity contribution in [1.82, 2.24) is 10.6 Å². The van der Waals surface area contributed by atoms with Crippen LogP contribution in [0.25, 0.3) is 0 Å². The van der Waals surface area contributed by atoms with Gasteiger partial charge >= 0.3 is 6.18 Å². The first-order valence-corrected chi connectivity index (χ1v) is 6.22. The average Bonchev–Trinajstić information content (AvgIpc) is 2.45. The summed E-state index contributed by atoms with van der Waals surface area (Å²) < 4.78 is 43.5. The summed E-state index contributed by atoms with van der Waals surface area (Å²) in [5, 5.41) is 5.44. The highest BCUT2D eigenvalue weighted by atomic mass is 19.4. The molecule has 110 valence electrons. The van der Waals surface area contributed by atoms with Crippen LogP contribution in [0.5, 0.6) is 0 Å². The van der Waals surface area contributed by atoms with Crippen molar-refractivity contribution in [2.75, 3.05) is 19.8 Å². The summed E-state index contributed by atoms with van der Waals surface area (Å²) in [6.45, 7) is 1.15. The van der Waals surface area contributed by atoms with Crippen molar-refractivity contribution in [3.8, 4) is 0 Å². The van der Waals surface area contributed by atoms with E-state index in [4.69, 9.17) is 4.74 Å². The van der Waals surface area contributed by atoms with Crippen LogP contribution < -0.4 is 10.6 Å². The first kappa shape index (κ1) is 14.8. The normalized spacial score (nSPS) is 19.6. The lowest BCUT2D eigenvalue weighted by Crippen LogP contribution is -2.51. The third kappa shape index (κ3) is 3.71. The van der Waals surface area contributed by atoms with E-state index in [-0.39, 0.29) is 24.6 Å². The van der Waals surface area contributed by atoms with E-state index in [2.05, 4.69) is 10.6 Å². The van der Waals surface area contributed by atoms with Crippen molar-refractivity contribution < 1.29 is 22.7 Å². The maximum atomic E-state index is 12.8. The molecule has 2 rings (SSSR count). The van der Waals surface area contributed by atoms with Crippen LogP contribution in [-0.4, -0.2) is 31.7 Å². The molecule has 1 aliphatic heterocycles. The van der Waals surface area contributed by atoms with Gasteiger partial charge in [0.2, 0.25) is 5.91 Å². The molecule has 0 spiro atoms. The molecule has 1 aromatic rings. The van der Waals surface area contributed by atoms with Crippen LogP contribution in [0.2, 0.25) is 0 Å². The van der Waals surface area contributed by atoms with E-state index in [1.54, 1.807) is 0 Å². The lowest BCUT2D eigenvalue weighted by atomic mass is 10.1. The Morgan fingerprint density at radius 1 is 1.40 bits per heavy atom. The summed E-state index contributed by atoms with van der Waals surface area (Å²) in [7, 11) is 0. The molecule has 0 radical (unpaired) electrons. The zero-order valence-corrected chi connectivity index (χ0v) is 10.7. The molecule has 0 aromatic heterocycles. The number of benzene rings is 1. The molecule has 7 heteroatoms. The SMILES string of the molecule is O=C(NCc1ccccc1C(F)(F)F)C1COCCN1. The van der Waals surface area contributed by atoms with Gasteiger partial charge in [-0.25, -0.2) is 0 Å². The number of ether oxygens (including phenoxy) is 1.